The highest BCUT2D eigenvalue weighted by molar-refractivity contribution is 5.86. The van der Waals surface area contributed by atoms with Gasteiger partial charge in [0, 0.05) is 18.7 Å². The molecule has 1 rings (SSSR count). The minimum Gasteiger partial charge on any atom is -0.337 e. The molecule has 18 heavy (non-hydrogen) atoms. The van der Waals surface area contributed by atoms with Gasteiger partial charge in [0.2, 0.25) is 5.91 Å². The SMILES string of the molecule is CCC(N)(CC)C(=O)N1CC=C(C(F)(F)F)CC1. The van der Waals surface area contributed by atoms with Crippen molar-refractivity contribution < 1.29 is 18.0 Å². The molecule has 0 saturated carbocycles. The number of carbonyl (C=O) groups excluding carboxylic acids is 1. The molecule has 0 atom stereocenters. The summed E-state index contributed by atoms with van der Waals surface area (Å²) in [6.07, 6.45) is -2.40. The van der Waals surface area contributed by atoms with Crippen molar-refractivity contribution in [2.75, 3.05) is 13.1 Å². The zero-order valence-electron chi connectivity index (χ0n) is 10.7. The van der Waals surface area contributed by atoms with E-state index in [0.717, 1.165) is 6.08 Å². The molecule has 0 aliphatic carbocycles. The molecule has 0 radical (unpaired) electrons. The van der Waals surface area contributed by atoms with Crippen molar-refractivity contribution in [3.8, 4) is 0 Å². The molecule has 2 N–H and O–H groups in total. The quantitative estimate of drug-likeness (QED) is 0.794. The fraction of sp³-hybridized carbons (Fsp3) is 0.750. The van der Waals surface area contributed by atoms with E-state index in [4.69, 9.17) is 5.73 Å². The van der Waals surface area contributed by atoms with Crippen molar-refractivity contribution in [3.63, 3.8) is 0 Å². The predicted molar refractivity (Wildman–Crippen MR) is 62.8 cm³/mol. The van der Waals surface area contributed by atoms with Crippen LogP contribution in [0.3, 0.4) is 0 Å². The van der Waals surface area contributed by atoms with Crippen molar-refractivity contribution in [3.05, 3.63) is 11.6 Å². The molecule has 0 bridgehead atoms. The Balaban J connectivity index is 2.74. The van der Waals surface area contributed by atoms with Gasteiger partial charge in [0.15, 0.2) is 0 Å². The first kappa shape index (κ1) is 15.0. The first-order valence-electron chi connectivity index (χ1n) is 6.09. The molecule has 1 aliphatic heterocycles. The first-order chi connectivity index (χ1) is 8.24. The summed E-state index contributed by atoms with van der Waals surface area (Å²) in [7, 11) is 0. The number of hydrogen-bond donors (Lipinski definition) is 1. The van der Waals surface area contributed by atoms with Crippen molar-refractivity contribution in [2.45, 2.75) is 44.8 Å². The summed E-state index contributed by atoms with van der Waals surface area (Å²) in [5.41, 5.74) is 4.45. The summed E-state index contributed by atoms with van der Waals surface area (Å²) in [5, 5.41) is 0. The van der Waals surface area contributed by atoms with Gasteiger partial charge in [-0.15, -0.1) is 0 Å². The average Bonchev–Trinajstić information content (AvgIpc) is 2.36. The van der Waals surface area contributed by atoms with Crippen LogP contribution in [0.2, 0.25) is 0 Å². The van der Waals surface area contributed by atoms with Gasteiger partial charge in [0.25, 0.3) is 0 Å². The summed E-state index contributed by atoms with van der Waals surface area (Å²) in [6, 6.07) is 0. The van der Waals surface area contributed by atoms with E-state index in [-0.39, 0.29) is 25.4 Å². The molecule has 0 unspecified atom stereocenters. The van der Waals surface area contributed by atoms with Crippen LogP contribution in [0.15, 0.2) is 11.6 Å². The van der Waals surface area contributed by atoms with Crippen LogP contribution < -0.4 is 5.73 Å². The largest absolute Gasteiger partial charge is 0.412 e. The maximum absolute atomic E-state index is 12.4. The van der Waals surface area contributed by atoms with Gasteiger partial charge in [0.05, 0.1) is 5.54 Å². The van der Waals surface area contributed by atoms with Crippen LogP contribution in [0, 0.1) is 0 Å². The number of nitrogens with zero attached hydrogens (tertiary/aromatic N) is 1. The van der Waals surface area contributed by atoms with Gasteiger partial charge in [0.1, 0.15) is 0 Å². The summed E-state index contributed by atoms with van der Waals surface area (Å²) >= 11 is 0. The smallest absolute Gasteiger partial charge is 0.337 e. The Morgan fingerprint density at radius 1 is 1.39 bits per heavy atom. The number of carbonyl (C=O) groups is 1. The average molecular weight is 264 g/mol. The number of halogens is 3. The minimum absolute atomic E-state index is 0.00731. The third-order valence-electron chi connectivity index (χ3n) is 3.55. The Kier molecular flexibility index (Phi) is 4.42. The van der Waals surface area contributed by atoms with Crippen LogP contribution in [0.1, 0.15) is 33.1 Å². The monoisotopic (exact) mass is 264 g/mol. The molecule has 1 heterocycles. The number of rotatable bonds is 3. The zero-order chi connectivity index (χ0) is 14.0. The van der Waals surface area contributed by atoms with E-state index in [9.17, 15) is 18.0 Å². The van der Waals surface area contributed by atoms with Crippen LogP contribution in [-0.2, 0) is 4.79 Å². The Bertz CT molecular complexity index is 346. The first-order valence-corrected chi connectivity index (χ1v) is 6.09. The Morgan fingerprint density at radius 3 is 2.28 bits per heavy atom. The van der Waals surface area contributed by atoms with E-state index in [1.165, 1.54) is 4.90 Å². The molecule has 0 aromatic carbocycles. The highest BCUT2D eigenvalue weighted by Gasteiger charge is 2.38. The number of nitrogens with two attached hydrogens (primary N) is 1. The lowest BCUT2D eigenvalue weighted by Crippen LogP contribution is -2.55. The van der Waals surface area contributed by atoms with Crippen LogP contribution in [0.5, 0.6) is 0 Å². The zero-order valence-corrected chi connectivity index (χ0v) is 10.7. The standard InChI is InChI=1S/C12H19F3N2O/c1-3-11(16,4-2)10(18)17-7-5-9(6-8-17)12(13,14)15/h5H,3-4,6-8,16H2,1-2H3. The van der Waals surface area contributed by atoms with Crippen molar-refractivity contribution in [1.82, 2.24) is 4.90 Å². The van der Waals surface area contributed by atoms with Gasteiger partial charge in [-0.25, -0.2) is 0 Å². The predicted octanol–water partition coefficient (Wildman–Crippen LogP) is 2.22. The van der Waals surface area contributed by atoms with Crippen LogP contribution in [0.4, 0.5) is 13.2 Å². The van der Waals surface area contributed by atoms with E-state index in [0.29, 0.717) is 12.8 Å². The van der Waals surface area contributed by atoms with Gasteiger partial charge in [-0.1, -0.05) is 19.9 Å². The van der Waals surface area contributed by atoms with E-state index in [1.807, 2.05) is 13.8 Å². The van der Waals surface area contributed by atoms with Crippen LogP contribution in [0.25, 0.3) is 0 Å². The molecule has 0 fully saturated rings. The third-order valence-corrected chi connectivity index (χ3v) is 3.55. The fourth-order valence-electron chi connectivity index (χ4n) is 1.98. The van der Waals surface area contributed by atoms with Crippen molar-refractivity contribution in [1.29, 1.82) is 0 Å². The lowest BCUT2D eigenvalue weighted by molar-refractivity contribution is -0.138. The highest BCUT2D eigenvalue weighted by atomic mass is 19.4. The Hall–Kier alpha value is -1.04. The normalized spacial score (nSPS) is 17.7. The second-order valence-corrected chi connectivity index (χ2v) is 4.59. The van der Waals surface area contributed by atoms with Crippen LogP contribution >= 0.6 is 0 Å². The molecule has 0 aromatic heterocycles. The lowest BCUT2D eigenvalue weighted by atomic mass is 9.91. The Labute approximate surface area is 105 Å². The molecule has 1 amide bonds. The maximum Gasteiger partial charge on any atom is 0.412 e. The second kappa shape index (κ2) is 5.30. The minimum atomic E-state index is -4.29. The van der Waals surface area contributed by atoms with E-state index in [2.05, 4.69) is 0 Å². The van der Waals surface area contributed by atoms with Gasteiger partial charge < -0.3 is 10.6 Å². The molecule has 3 nitrogen and oxygen atoms in total. The summed E-state index contributed by atoms with van der Waals surface area (Å²) in [6.45, 7) is 3.69. The van der Waals surface area contributed by atoms with E-state index >= 15 is 0 Å². The topological polar surface area (TPSA) is 46.3 Å². The summed E-state index contributed by atoms with van der Waals surface area (Å²) in [5.74, 6) is -0.259. The van der Waals surface area contributed by atoms with E-state index in [1.54, 1.807) is 0 Å². The van der Waals surface area contributed by atoms with E-state index < -0.39 is 17.3 Å². The van der Waals surface area contributed by atoms with Gasteiger partial charge in [-0.2, -0.15) is 13.2 Å². The molecular weight excluding hydrogens is 245 g/mol. The second-order valence-electron chi connectivity index (χ2n) is 4.59. The van der Waals surface area contributed by atoms with Crippen molar-refractivity contribution in [2.24, 2.45) is 5.73 Å². The summed E-state index contributed by atoms with van der Waals surface area (Å²) < 4.78 is 37.3. The van der Waals surface area contributed by atoms with Gasteiger partial charge in [-0.05, 0) is 19.3 Å². The summed E-state index contributed by atoms with van der Waals surface area (Å²) in [4.78, 5) is 13.5. The highest BCUT2D eigenvalue weighted by Crippen LogP contribution is 2.30. The third kappa shape index (κ3) is 3.04. The number of hydrogen-bond acceptors (Lipinski definition) is 2. The molecule has 0 saturated heterocycles. The fourth-order valence-corrected chi connectivity index (χ4v) is 1.98. The molecule has 0 aromatic rings. The van der Waals surface area contributed by atoms with Crippen LogP contribution in [-0.4, -0.2) is 35.6 Å². The molecule has 1 aliphatic rings. The lowest BCUT2D eigenvalue weighted by Gasteiger charge is -2.35. The number of alkyl halides is 3. The van der Waals surface area contributed by atoms with Crippen molar-refractivity contribution >= 4 is 5.91 Å². The molecular formula is C12H19F3N2O. The molecule has 6 heteroatoms. The molecule has 0 spiro atoms. The molecule has 104 valence electrons. The number of amides is 1. The van der Waals surface area contributed by atoms with Gasteiger partial charge in [-0.3, -0.25) is 4.79 Å². The maximum atomic E-state index is 12.4. The Morgan fingerprint density at radius 2 is 1.94 bits per heavy atom. The van der Waals surface area contributed by atoms with Gasteiger partial charge >= 0.3 is 6.18 Å².